The highest BCUT2D eigenvalue weighted by Crippen LogP contribution is 2.17. The molecule has 0 aliphatic carbocycles. The smallest absolute Gasteiger partial charge is 0.285 e. The molecule has 0 aliphatic heterocycles. The lowest BCUT2D eigenvalue weighted by molar-refractivity contribution is -0.234. The summed E-state index contributed by atoms with van der Waals surface area (Å²) < 4.78 is 0.650. The van der Waals surface area contributed by atoms with Crippen molar-refractivity contribution in [2.75, 3.05) is 5.73 Å². The summed E-state index contributed by atoms with van der Waals surface area (Å²) in [5.41, 5.74) is 5.11. The zero-order chi connectivity index (χ0) is 12.6. The molecule has 8 heteroatoms. The third kappa shape index (κ3) is 1.77. The van der Waals surface area contributed by atoms with E-state index in [9.17, 15) is 15.0 Å². The molecule has 0 unspecified atom stereocenters. The van der Waals surface area contributed by atoms with Crippen LogP contribution in [0.15, 0.2) is 11.1 Å². The van der Waals surface area contributed by atoms with Crippen molar-refractivity contribution in [3.63, 3.8) is 0 Å². The van der Waals surface area contributed by atoms with E-state index in [0.29, 0.717) is 11.0 Å². The molecule has 0 radical (unpaired) electrons. The van der Waals surface area contributed by atoms with Crippen LogP contribution in [0, 0.1) is 0 Å². The molecule has 0 bridgehead atoms. The Morgan fingerprint density at radius 2 is 2.29 bits per heavy atom. The van der Waals surface area contributed by atoms with Crippen LogP contribution in [0.2, 0.25) is 0 Å². The SMILES string of the molecule is CCCC(O)(O)n1c(N)nc2nc[nH]c2c1=O. The van der Waals surface area contributed by atoms with Crippen molar-refractivity contribution in [2.24, 2.45) is 0 Å². The number of anilines is 1. The van der Waals surface area contributed by atoms with E-state index in [1.807, 2.05) is 0 Å². The number of fused-ring (bicyclic) bond motifs is 1. The van der Waals surface area contributed by atoms with Crippen molar-refractivity contribution in [3.8, 4) is 0 Å². The molecule has 2 aromatic rings. The first-order valence-electron chi connectivity index (χ1n) is 5.14. The fourth-order valence-corrected chi connectivity index (χ4v) is 1.70. The predicted octanol–water partition coefficient (Wildman–Crippen LogP) is -0.903. The Bertz CT molecular complexity index is 600. The summed E-state index contributed by atoms with van der Waals surface area (Å²) in [5, 5.41) is 19.6. The van der Waals surface area contributed by atoms with Crippen LogP contribution in [-0.4, -0.2) is 29.7 Å². The van der Waals surface area contributed by atoms with E-state index in [-0.39, 0.29) is 23.5 Å². The van der Waals surface area contributed by atoms with E-state index in [1.165, 1.54) is 6.33 Å². The number of aliphatic hydroxyl groups is 2. The standard InChI is InChI=1S/C9H13N5O3/c1-2-3-9(16,17)14-7(15)5-6(12-4-11-5)13-8(14)10/h4,16-17H,2-3H2,1H3,(H2,10,13)(H,11,12). The van der Waals surface area contributed by atoms with Crippen LogP contribution < -0.4 is 11.3 Å². The minimum atomic E-state index is -2.35. The number of aromatic amines is 1. The van der Waals surface area contributed by atoms with Gasteiger partial charge in [-0.1, -0.05) is 6.92 Å². The number of aromatic nitrogens is 4. The Kier molecular flexibility index (Phi) is 2.60. The maximum Gasteiger partial charge on any atom is 0.285 e. The third-order valence-corrected chi connectivity index (χ3v) is 2.43. The molecule has 0 atom stereocenters. The van der Waals surface area contributed by atoms with Gasteiger partial charge in [0.15, 0.2) is 11.2 Å². The van der Waals surface area contributed by atoms with Gasteiger partial charge >= 0.3 is 0 Å². The molecule has 0 aliphatic rings. The minimum Gasteiger partial charge on any atom is -0.369 e. The number of nitrogens with zero attached hydrogens (tertiary/aromatic N) is 3. The molecular formula is C9H13N5O3. The maximum atomic E-state index is 12.0. The molecule has 17 heavy (non-hydrogen) atoms. The fourth-order valence-electron chi connectivity index (χ4n) is 1.70. The lowest BCUT2D eigenvalue weighted by Crippen LogP contribution is -2.42. The summed E-state index contributed by atoms with van der Waals surface area (Å²) in [4.78, 5) is 22.2. The highest BCUT2D eigenvalue weighted by atomic mass is 16.5. The number of nitrogens with one attached hydrogen (secondary N) is 1. The Hall–Kier alpha value is -1.93. The van der Waals surface area contributed by atoms with Crippen LogP contribution in [-0.2, 0) is 5.91 Å². The van der Waals surface area contributed by atoms with Crippen molar-refractivity contribution in [3.05, 3.63) is 16.7 Å². The summed E-state index contributed by atoms with van der Waals surface area (Å²) in [5.74, 6) is -2.63. The van der Waals surface area contributed by atoms with Crippen molar-refractivity contribution >= 4 is 17.1 Å². The van der Waals surface area contributed by atoms with Gasteiger partial charge in [-0.15, -0.1) is 0 Å². The molecule has 0 spiro atoms. The molecule has 5 N–H and O–H groups in total. The van der Waals surface area contributed by atoms with Gasteiger partial charge in [-0.2, -0.15) is 4.98 Å². The Balaban J connectivity index is 2.72. The normalized spacial score (nSPS) is 12.2. The quantitative estimate of drug-likeness (QED) is 0.513. The van der Waals surface area contributed by atoms with E-state index in [2.05, 4.69) is 15.0 Å². The monoisotopic (exact) mass is 239 g/mol. The highest BCUT2D eigenvalue weighted by Gasteiger charge is 2.29. The van der Waals surface area contributed by atoms with Gasteiger partial charge in [0.1, 0.15) is 0 Å². The topological polar surface area (TPSA) is 130 Å². The van der Waals surface area contributed by atoms with Gasteiger partial charge in [-0.3, -0.25) is 4.79 Å². The Morgan fingerprint density at radius 3 is 2.94 bits per heavy atom. The second-order valence-electron chi connectivity index (χ2n) is 3.74. The van der Waals surface area contributed by atoms with Crippen LogP contribution in [0.4, 0.5) is 5.95 Å². The molecular weight excluding hydrogens is 226 g/mol. The van der Waals surface area contributed by atoms with Crippen molar-refractivity contribution in [1.82, 2.24) is 19.5 Å². The Labute approximate surface area is 95.7 Å². The molecule has 0 saturated carbocycles. The molecule has 0 aromatic carbocycles. The van der Waals surface area contributed by atoms with Crippen molar-refractivity contribution < 1.29 is 10.2 Å². The summed E-state index contributed by atoms with van der Waals surface area (Å²) in [6.07, 6.45) is 1.73. The number of hydrogen-bond acceptors (Lipinski definition) is 6. The highest BCUT2D eigenvalue weighted by molar-refractivity contribution is 5.69. The lowest BCUT2D eigenvalue weighted by Gasteiger charge is -2.24. The zero-order valence-electron chi connectivity index (χ0n) is 9.21. The van der Waals surface area contributed by atoms with Gasteiger partial charge in [0.2, 0.25) is 5.95 Å². The molecule has 0 saturated heterocycles. The van der Waals surface area contributed by atoms with Crippen LogP contribution in [0.25, 0.3) is 11.2 Å². The van der Waals surface area contributed by atoms with Crippen molar-refractivity contribution in [1.29, 1.82) is 0 Å². The molecule has 2 rings (SSSR count). The first-order valence-corrected chi connectivity index (χ1v) is 5.14. The largest absolute Gasteiger partial charge is 0.369 e. The van der Waals surface area contributed by atoms with Crippen LogP contribution in [0.3, 0.4) is 0 Å². The number of imidazole rings is 1. The Morgan fingerprint density at radius 1 is 1.59 bits per heavy atom. The van der Waals surface area contributed by atoms with E-state index in [1.54, 1.807) is 6.92 Å². The molecule has 92 valence electrons. The van der Waals surface area contributed by atoms with Gasteiger partial charge in [-0.25, -0.2) is 9.55 Å². The minimum absolute atomic E-state index is 0.0293. The summed E-state index contributed by atoms with van der Waals surface area (Å²) >= 11 is 0. The van der Waals surface area contributed by atoms with Gasteiger partial charge in [0.05, 0.1) is 6.33 Å². The third-order valence-electron chi connectivity index (χ3n) is 2.43. The van der Waals surface area contributed by atoms with Crippen LogP contribution >= 0.6 is 0 Å². The molecule has 0 fully saturated rings. The predicted molar refractivity (Wildman–Crippen MR) is 59.9 cm³/mol. The summed E-state index contributed by atoms with van der Waals surface area (Å²) in [6, 6.07) is 0. The first-order chi connectivity index (χ1) is 7.97. The fraction of sp³-hybridized carbons (Fsp3) is 0.444. The zero-order valence-corrected chi connectivity index (χ0v) is 9.21. The van der Waals surface area contributed by atoms with Crippen LogP contribution in [0.5, 0.6) is 0 Å². The number of hydrogen-bond donors (Lipinski definition) is 4. The average molecular weight is 239 g/mol. The summed E-state index contributed by atoms with van der Waals surface area (Å²) in [7, 11) is 0. The average Bonchev–Trinajstić information content (AvgIpc) is 2.64. The number of nitrogen functional groups attached to an aromatic ring is 1. The first kappa shape index (κ1) is 11.6. The number of H-pyrrole nitrogens is 1. The molecule has 2 aromatic heterocycles. The van der Waals surface area contributed by atoms with Gasteiger partial charge in [0.25, 0.3) is 11.5 Å². The molecule has 8 nitrogen and oxygen atoms in total. The van der Waals surface area contributed by atoms with Gasteiger partial charge in [-0.05, 0) is 6.42 Å². The van der Waals surface area contributed by atoms with Crippen LogP contribution in [0.1, 0.15) is 19.8 Å². The lowest BCUT2D eigenvalue weighted by atomic mass is 10.2. The van der Waals surface area contributed by atoms with Crippen molar-refractivity contribution in [2.45, 2.75) is 25.7 Å². The number of rotatable bonds is 3. The van der Waals surface area contributed by atoms with E-state index >= 15 is 0 Å². The number of nitrogens with two attached hydrogens (primary N) is 1. The van der Waals surface area contributed by atoms with E-state index < -0.39 is 11.5 Å². The van der Waals surface area contributed by atoms with Gasteiger partial charge < -0.3 is 20.9 Å². The second-order valence-corrected chi connectivity index (χ2v) is 3.74. The second kappa shape index (κ2) is 3.82. The molecule has 0 amide bonds. The van der Waals surface area contributed by atoms with E-state index in [4.69, 9.17) is 5.73 Å². The van der Waals surface area contributed by atoms with E-state index in [0.717, 1.165) is 0 Å². The summed E-state index contributed by atoms with van der Waals surface area (Å²) in [6.45, 7) is 1.75. The maximum absolute atomic E-state index is 12.0. The van der Waals surface area contributed by atoms with Gasteiger partial charge in [0, 0.05) is 6.42 Å². The molecule has 2 heterocycles.